The van der Waals surface area contributed by atoms with E-state index in [4.69, 9.17) is 0 Å². The topological polar surface area (TPSA) is 112 Å². The number of rotatable bonds is 24. The zero-order valence-corrected chi connectivity index (χ0v) is 32.1. The Kier molecular flexibility index (Phi) is 26.8. The normalized spacial score (nSPS) is 11.5. The third-order valence-electron chi connectivity index (χ3n) is 8.09. The number of benzene rings is 2. The fraction of sp³-hybridized carbons (Fsp3) is 0.667. The van der Waals surface area contributed by atoms with Crippen molar-refractivity contribution < 1.29 is 55.5 Å². The molecule has 0 aliphatic rings. The molecule has 0 bridgehead atoms. The van der Waals surface area contributed by atoms with Crippen LogP contribution >= 0.6 is 0 Å². The molecule has 0 aliphatic carbocycles. The van der Waals surface area contributed by atoms with Crippen LogP contribution in [0.2, 0.25) is 0 Å². The zero-order chi connectivity index (χ0) is 32.5. The molecular formula is C36H59NaO6S2. The summed E-state index contributed by atoms with van der Waals surface area (Å²) >= 11 is 0. The third kappa shape index (κ3) is 22.5. The molecule has 0 aromatic heterocycles. The van der Waals surface area contributed by atoms with Gasteiger partial charge in [-0.05, 0) is 48.9 Å². The number of hydrogen-bond acceptors (Lipinski definition) is 5. The number of hydrogen-bond donors (Lipinski definition) is 1. The van der Waals surface area contributed by atoms with Crippen molar-refractivity contribution in [2.24, 2.45) is 0 Å². The molecule has 0 fully saturated rings. The summed E-state index contributed by atoms with van der Waals surface area (Å²) < 4.78 is 65.3. The first kappa shape index (κ1) is 44.3. The molecule has 0 amide bonds. The van der Waals surface area contributed by atoms with E-state index in [0.29, 0.717) is 18.4 Å². The van der Waals surface area contributed by atoms with Crippen molar-refractivity contribution in [2.75, 3.05) is 0 Å². The quantitative estimate of drug-likeness (QED) is 0.0703. The molecule has 0 aliphatic heterocycles. The molecule has 0 saturated carbocycles. The second-order valence-electron chi connectivity index (χ2n) is 12.0. The summed E-state index contributed by atoms with van der Waals surface area (Å²) in [5.74, 6) is 0. The molecule has 0 atom stereocenters. The monoisotopic (exact) mass is 674 g/mol. The summed E-state index contributed by atoms with van der Waals surface area (Å²) in [6.45, 7) is 4.47. The molecule has 252 valence electrons. The minimum absolute atomic E-state index is 0. The average molecular weight is 675 g/mol. The van der Waals surface area contributed by atoms with Gasteiger partial charge in [0.2, 0.25) is 0 Å². The molecular weight excluding hydrogens is 616 g/mol. The Morgan fingerprint density at radius 2 is 0.778 bits per heavy atom. The predicted octanol–water partition coefficient (Wildman–Crippen LogP) is 7.45. The van der Waals surface area contributed by atoms with E-state index in [-0.39, 0.29) is 39.3 Å². The standard InChI is InChI=1S/2C18H30O3S.Na/c2*1-2-3-4-5-6-7-8-9-10-11-14-17-15-12-13-16-18(17)22(19,20)21;/h2*12-13,15-16H,2-11,14H2,1H3,(H,19,20,21);/q;;+1/p-1. The minimum Gasteiger partial charge on any atom is -0.744 e. The Balaban J connectivity index is 0.000000842. The summed E-state index contributed by atoms with van der Waals surface area (Å²) in [6, 6.07) is 13.3. The molecule has 0 heterocycles. The van der Waals surface area contributed by atoms with E-state index in [9.17, 15) is 25.9 Å². The molecule has 45 heavy (non-hydrogen) atoms. The maximum atomic E-state index is 11.3. The van der Waals surface area contributed by atoms with Gasteiger partial charge in [-0.25, -0.2) is 8.42 Å². The molecule has 0 saturated heterocycles. The molecule has 6 nitrogen and oxygen atoms in total. The van der Waals surface area contributed by atoms with Crippen molar-refractivity contribution in [2.45, 2.75) is 165 Å². The van der Waals surface area contributed by atoms with Crippen molar-refractivity contribution >= 4 is 20.2 Å². The predicted molar refractivity (Wildman–Crippen MR) is 182 cm³/mol. The van der Waals surface area contributed by atoms with Crippen LogP contribution in [0.15, 0.2) is 58.3 Å². The summed E-state index contributed by atoms with van der Waals surface area (Å²) in [7, 11) is -8.44. The van der Waals surface area contributed by atoms with Crippen LogP contribution in [-0.4, -0.2) is 25.9 Å². The van der Waals surface area contributed by atoms with Crippen LogP contribution in [0.25, 0.3) is 0 Å². The zero-order valence-electron chi connectivity index (χ0n) is 28.5. The van der Waals surface area contributed by atoms with Gasteiger partial charge >= 0.3 is 29.6 Å². The van der Waals surface area contributed by atoms with Gasteiger partial charge in [-0.2, -0.15) is 8.42 Å². The molecule has 2 aromatic rings. The van der Waals surface area contributed by atoms with E-state index in [1.54, 1.807) is 30.3 Å². The Bertz CT molecular complexity index is 1120. The van der Waals surface area contributed by atoms with Gasteiger partial charge in [0.15, 0.2) is 0 Å². The number of unbranched alkanes of at least 4 members (excludes halogenated alkanes) is 18. The number of aryl methyl sites for hydroxylation is 2. The average Bonchev–Trinajstić information content (AvgIpc) is 2.99. The van der Waals surface area contributed by atoms with Gasteiger partial charge < -0.3 is 4.55 Å². The molecule has 0 spiro atoms. The van der Waals surface area contributed by atoms with Gasteiger partial charge in [0, 0.05) is 0 Å². The first-order valence-corrected chi connectivity index (χ1v) is 20.0. The minimum atomic E-state index is -4.35. The molecule has 9 heteroatoms. The Hall–Kier alpha value is -0.740. The maximum Gasteiger partial charge on any atom is 1.00 e. The van der Waals surface area contributed by atoms with E-state index in [1.807, 2.05) is 6.07 Å². The Labute approximate surface area is 298 Å². The summed E-state index contributed by atoms with van der Waals surface area (Å²) in [5.41, 5.74) is 1.39. The van der Waals surface area contributed by atoms with Gasteiger partial charge in [-0.15, -0.1) is 0 Å². The summed E-state index contributed by atoms with van der Waals surface area (Å²) in [6.07, 6.45) is 26.5. The molecule has 2 rings (SSSR count). The van der Waals surface area contributed by atoms with Crippen LogP contribution < -0.4 is 29.6 Å². The SMILES string of the molecule is CCCCCCCCCCCCc1ccccc1S(=O)(=O)O.CCCCCCCCCCCCc1ccccc1S(=O)(=O)[O-].[Na+]. The second kappa shape index (κ2) is 27.2. The smallest absolute Gasteiger partial charge is 0.744 e. The van der Waals surface area contributed by atoms with Crippen LogP contribution in [0, 0.1) is 0 Å². The van der Waals surface area contributed by atoms with E-state index in [0.717, 1.165) is 31.2 Å². The first-order valence-electron chi connectivity index (χ1n) is 17.2. The van der Waals surface area contributed by atoms with E-state index in [1.165, 1.54) is 115 Å². The van der Waals surface area contributed by atoms with Gasteiger partial charge in [0.1, 0.15) is 10.1 Å². The Morgan fingerprint density at radius 1 is 0.489 bits per heavy atom. The van der Waals surface area contributed by atoms with Gasteiger partial charge in [-0.1, -0.05) is 166 Å². The van der Waals surface area contributed by atoms with Crippen molar-refractivity contribution in [3.8, 4) is 0 Å². The van der Waals surface area contributed by atoms with Gasteiger partial charge in [-0.3, -0.25) is 4.55 Å². The van der Waals surface area contributed by atoms with Gasteiger partial charge in [0.05, 0.1) is 9.79 Å². The molecule has 0 radical (unpaired) electrons. The molecule has 1 N–H and O–H groups in total. The first-order chi connectivity index (χ1) is 21.1. The summed E-state index contributed by atoms with van der Waals surface area (Å²) in [4.78, 5) is 0.0110. The van der Waals surface area contributed by atoms with Crippen molar-refractivity contribution in [3.05, 3.63) is 59.7 Å². The fourth-order valence-corrected chi connectivity index (χ4v) is 7.01. The van der Waals surface area contributed by atoms with E-state index in [2.05, 4.69) is 13.8 Å². The van der Waals surface area contributed by atoms with Crippen molar-refractivity contribution in [3.63, 3.8) is 0 Å². The fourth-order valence-electron chi connectivity index (χ4n) is 5.52. The van der Waals surface area contributed by atoms with E-state index < -0.39 is 20.2 Å². The third-order valence-corrected chi connectivity index (χ3v) is 9.98. The van der Waals surface area contributed by atoms with Gasteiger partial charge in [0.25, 0.3) is 10.1 Å². The van der Waals surface area contributed by atoms with E-state index >= 15 is 0 Å². The van der Waals surface area contributed by atoms with Crippen molar-refractivity contribution in [1.29, 1.82) is 0 Å². The van der Waals surface area contributed by atoms with Crippen LogP contribution in [0.1, 0.15) is 153 Å². The molecule has 0 unspecified atom stereocenters. The van der Waals surface area contributed by atoms with Crippen LogP contribution in [0.5, 0.6) is 0 Å². The largest absolute Gasteiger partial charge is 1.00 e. The van der Waals surface area contributed by atoms with Crippen LogP contribution in [-0.2, 0) is 33.1 Å². The second-order valence-corrected chi connectivity index (χ2v) is 14.7. The van der Waals surface area contributed by atoms with Crippen LogP contribution in [0.3, 0.4) is 0 Å². The van der Waals surface area contributed by atoms with Crippen molar-refractivity contribution in [1.82, 2.24) is 0 Å². The summed E-state index contributed by atoms with van der Waals surface area (Å²) in [5, 5.41) is 0. The maximum absolute atomic E-state index is 11.3. The Morgan fingerprint density at radius 3 is 1.11 bits per heavy atom. The molecule has 2 aromatic carbocycles. The van der Waals surface area contributed by atoms with Crippen LogP contribution in [0.4, 0.5) is 0 Å².